The molecule has 3 aromatic rings. The van der Waals surface area contributed by atoms with Crippen molar-refractivity contribution in [2.75, 3.05) is 40.9 Å². The number of ether oxygens (including phenoxy) is 5. The van der Waals surface area contributed by atoms with Gasteiger partial charge in [-0.25, -0.2) is 4.68 Å². The molecular formula is C26H28N4O6. The van der Waals surface area contributed by atoms with E-state index in [1.165, 1.54) is 6.33 Å². The van der Waals surface area contributed by atoms with Gasteiger partial charge in [0.1, 0.15) is 12.4 Å². The molecule has 2 aromatic carbocycles. The molecule has 0 spiro atoms. The van der Waals surface area contributed by atoms with Crippen LogP contribution < -0.4 is 29.0 Å². The molecule has 2 atom stereocenters. The minimum absolute atomic E-state index is 0.0199. The number of allylic oxidation sites excluding steroid dienone is 2. The zero-order valence-electron chi connectivity index (χ0n) is 20.8. The normalized spacial score (nSPS) is 18.6. The standard InChI is InChI=1S/C26H28N4O6/c1-32-19-8-6-14(12-21(19)34-3)15-10-17-22(18(31)11-15)23(30-26(29-17)27-13-28-30)16-7-9-20(33-2)25(36-5)24(16)35-4/h6-9,12-13,15,23H,10-11H2,1-5H3,(H,27,28,29)/t15-,23+/m0/s1. The smallest absolute Gasteiger partial charge is 0.226 e. The number of fused-ring (bicyclic) bond motifs is 1. The molecule has 5 rings (SSSR count). The number of rotatable bonds is 7. The van der Waals surface area contributed by atoms with Gasteiger partial charge in [-0.2, -0.15) is 10.1 Å². The zero-order chi connectivity index (χ0) is 25.4. The van der Waals surface area contributed by atoms with Gasteiger partial charge in [0, 0.05) is 23.3 Å². The molecule has 0 radical (unpaired) electrons. The maximum Gasteiger partial charge on any atom is 0.226 e. The molecule has 10 heteroatoms. The molecule has 36 heavy (non-hydrogen) atoms. The van der Waals surface area contributed by atoms with E-state index in [1.807, 2.05) is 24.3 Å². The van der Waals surface area contributed by atoms with Gasteiger partial charge < -0.3 is 29.0 Å². The molecule has 1 aliphatic heterocycles. The first kappa shape index (κ1) is 23.5. The Labute approximate surface area is 208 Å². The Morgan fingerprint density at radius 1 is 0.861 bits per heavy atom. The minimum atomic E-state index is -0.535. The Kier molecular flexibility index (Phi) is 6.17. The van der Waals surface area contributed by atoms with Crippen molar-refractivity contribution in [3.8, 4) is 28.7 Å². The summed E-state index contributed by atoms with van der Waals surface area (Å²) in [7, 11) is 7.89. The summed E-state index contributed by atoms with van der Waals surface area (Å²) in [5, 5.41) is 7.78. The number of carbonyl (C=O) groups is 1. The fourth-order valence-electron chi connectivity index (χ4n) is 5.12. The highest BCUT2D eigenvalue weighted by molar-refractivity contribution is 6.00. The van der Waals surface area contributed by atoms with Gasteiger partial charge in [0.25, 0.3) is 0 Å². The van der Waals surface area contributed by atoms with Crippen molar-refractivity contribution in [3.05, 3.63) is 59.1 Å². The van der Waals surface area contributed by atoms with E-state index in [0.29, 0.717) is 53.1 Å². The second-order valence-corrected chi connectivity index (χ2v) is 8.51. The number of carbonyl (C=O) groups excluding carboxylic acids is 1. The summed E-state index contributed by atoms with van der Waals surface area (Å²) in [6.45, 7) is 0. The Morgan fingerprint density at radius 3 is 2.28 bits per heavy atom. The topological polar surface area (TPSA) is 106 Å². The number of anilines is 1. The molecule has 0 fully saturated rings. The average Bonchev–Trinajstić information content (AvgIpc) is 3.38. The van der Waals surface area contributed by atoms with Crippen molar-refractivity contribution in [2.45, 2.75) is 24.8 Å². The highest BCUT2D eigenvalue weighted by atomic mass is 16.5. The van der Waals surface area contributed by atoms with Crippen molar-refractivity contribution in [1.29, 1.82) is 0 Å². The van der Waals surface area contributed by atoms with Crippen molar-refractivity contribution < 1.29 is 28.5 Å². The molecule has 2 heterocycles. The Balaban J connectivity index is 1.61. The lowest BCUT2D eigenvalue weighted by molar-refractivity contribution is -0.116. The van der Waals surface area contributed by atoms with E-state index < -0.39 is 6.04 Å². The highest BCUT2D eigenvalue weighted by Crippen LogP contribution is 2.49. The first-order valence-electron chi connectivity index (χ1n) is 11.5. The lowest BCUT2D eigenvalue weighted by Gasteiger charge is -2.35. The summed E-state index contributed by atoms with van der Waals surface area (Å²) >= 11 is 0. The highest BCUT2D eigenvalue weighted by Gasteiger charge is 2.41. The van der Waals surface area contributed by atoms with Crippen LogP contribution in [0.25, 0.3) is 0 Å². The van der Waals surface area contributed by atoms with Crippen LogP contribution in [0.2, 0.25) is 0 Å². The average molecular weight is 493 g/mol. The predicted octanol–water partition coefficient (Wildman–Crippen LogP) is 3.74. The van der Waals surface area contributed by atoms with Gasteiger partial charge in [-0.1, -0.05) is 6.07 Å². The number of hydrogen-bond donors (Lipinski definition) is 1. The van der Waals surface area contributed by atoms with Crippen LogP contribution in [0.5, 0.6) is 28.7 Å². The SMILES string of the molecule is COc1ccc([C@@H]2CC(=O)C3=C(C2)Nc2ncnn2[C@@H]3c2ccc(OC)c(OC)c2OC)cc1OC. The molecule has 0 unspecified atom stereocenters. The molecule has 2 aliphatic rings. The minimum Gasteiger partial charge on any atom is -0.493 e. The maximum absolute atomic E-state index is 13.8. The first-order chi connectivity index (χ1) is 17.5. The molecule has 0 amide bonds. The van der Waals surface area contributed by atoms with Gasteiger partial charge in [-0.15, -0.1) is 0 Å². The quantitative estimate of drug-likeness (QED) is 0.528. The Bertz CT molecular complexity index is 1350. The molecule has 0 saturated heterocycles. The molecule has 10 nitrogen and oxygen atoms in total. The van der Waals surface area contributed by atoms with E-state index in [0.717, 1.165) is 16.8 Å². The van der Waals surface area contributed by atoms with Crippen LogP contribution in [-0.2, 0) is 4.79 Å². The number of methoxy groups -OCH3 is 5. The second-order valence-electron chi connectivity index (χ2n) is 8.51. The molecule has 1 N–H and O–H groups in total. The lowest BCUT2D eigenvalue weighted by Crippen LogP contribution is -2.33. The second kappa shape index (κ2) is 9.44. The summed E-state index contributed by atoms with van der Waals surface area (Å²) in [5.74, 6) is 3.27. The van der Waals surface area contributed by atoms with Gasteiger partial charge in [-0.3, -0.25) is 4.79 Å². The number of nitrogens with one attached hydrogen (secondary N) is 1. The van der Waals surface area contributed by atoms with Crippen molar-refractivity contribution in [1.82, 2.24) is 14.8 Å². The molecule has 0 bridgehead atoms. The van der Waals surface area contributed by atoms with E-state index in [4.69, 9.17) is 23.7 Å². The van der Waals surface area contributed by atoms with Gasteiger partial charge in [0.15, 0.2) is 28.8 Å². The van der Waals surface area contributed by atoms with Crippen LogP contribution in [0.15, 0.2) is 47.9 Å². The number of aromatic nitrogens is 3. The summed E-state index contributed by atoms with van der Waals surface area (Å²) in [4.78, 5) is 18.2. The molecule has 1 aliphatic carbocycles. The van der Waals surface area contributed by atoms with Crippen LogP contribution in [0.1, 0.15) is 35.9 Å². The van der Waals surface area contributed by atoms with Gasteiger partial charge in [-0.05, 0) is 42.2 Å². The molecule has 1 aromatic heterocycles. The Hall–Kier alpha value is -4.21. The van der Waals surface area contributed by atoms with E-state index in [2.05, 4.69) is 15.4 Å². The largest absolute Gasteiger partial charge is 0.493 e. The van der Waals surface area contributed by atoms with Gasteiger partial charge in [0.2, 0.25) is 11.7 Å². The van der Waals surface area contributed by atoms with Crippen LogP contribution in [-0.4, -0.2) is 56.1 Å². The number of ketones is 1. The number of Topliss-reactive ketones (excluding diaryl/α,β-unsaturated/α-hetero) is 1. The fourth-order valence-corrected chi connectivity index (χ4v) is 5.12. The first-order valence-corrected chi connectivity index (χ1v) is 11.5. The predicted molar refractivity (Wildman–Crippen MR) is 131 cm³/mol. The number of nitrogens with zero attached hydrogens (tertiary/aromatic N) is 3. The third kappa shape index (κ3) is 3.69. The number of hydrogen-bond acceptors (Lipinski definition) is 9. The van der Waals surface area contributed by atoms with E-state index >= 15 is 0 Å². The maximum atomic E-state index is 13.8. The lowest BCUT2D eigenvalue weighted by atomic mass is 9.77. The van der Waals surface area contributed by atoms with E-state index in [1.54, 1.807) is 46.3 Å². The third-order valence-corrected chi connectivity index (χ3v) is 6.77. The van der Waals surface area contributed by atoms with Crippen molar-refractivity contribution >= 4 is 11.7 Å². The third-order valence-electron chi connectivity index (χ3n) is 6.77. The fraction of sp³-hybridized carbons (Fsp3) is 0.346. The van der Waals surface area contributed by atoms with Gasteiger partial charge >= 0.3 is 0 Å². The summed E-state index contributed by atoms with van der Waals surface area (Å²) in [6, 6.07) is 8.92. The van der Waals surface area contributed by atoms with Gasteiger partial charge in [0.05, 0.1) is 35.5 Å². The van der Waals surface area contributed by atoms with Crippen LogP contribution >= 0.6 is 0 Å². The Morgan fingerprint density at radius 2 is 1.58 bits per heavy atom. The monoisotopic (exact) mass is 492 g/mol. The summed E-state index contributed by atoms with van der Waals surface area (Å²) in [5.41, 5.74) is 3.18. The van der Waals surface area contributed by atoms with E-state index in [9.17, 15) is 4.79 Å². The van der Waals surface area contributed by atoms with Crippen LogP contribution in [0, 0.1) is 0 Å². The van der Waals surface area contributed by atoms with E-state index in [-0.39, 0.29) is 11.7 Å². The molecular weight excluding hydrogens is 464 g/mol. The van der Waals surface area contributed by atoms with Crippen LogP contribution in [0.3, 0.4) is 0 Å². The van der Waals surface area contributed by atoms with Crippen LogP contribution in [0.4, 0.5) is 5.95 Å². The summed E-state index contributed by atoms with van der Waals surface area (Å²) in [6.07, 6.45) is 2.43. The zero-order valence-corrected chi connectivity index (χ0v) is 20.8. The summed E-state index contributed by atoms with van der Waals surface area (Å²) < 4.78 is 29.4. The molecule has 188 valence electrons. The van der Waals surface area contributed by atoms with Crippen molar-refractivity contribution in [2.24, 2.45) is 0 Å². The molecule has 0 saturated carbocycles. The van der Waals surface area contributed by atoms with Crippen molar-refractivity contribution in [3.63, 3.8) is 0 Å². The number of benzene rings is 2.